The summed E-state index contributed by atoms with van der Waals surface area (Å²) in [4.78, 5) is 24.9. The third kappa shape index (κ3) is 3.88. The molecular weight excluding hydrogens is 294 g/mol. The summed E-state index contributed by atoms with van der Waals surface area (Å²) in [5.74, 6) is -0.810. The molecule has 0 aliphatic carbocycles. The van der Waals surface area contributed by atoms with Crippen LogP contribution < -0.4 is 4.74 Å². The number of rotatable bonds is 4. The Morgan fingerprint density at radius 3 is 2.52 bits per heavy atom. The molecule has 1 N–H and O–H groups in total. The molecule has 1 heterocycles. The lowest BCUT2D eigenvalue weighted by Gasteiger charge is -2.32. The number of halogens is 1. The predicted molar refractivity (Wildman–Crippen MR) is 78.5 cm³/mol. The van der Waals surface area contributed by atoms with Gasteiger partial charge in [-0.3, -0.25) is 9.59 Å². The fourth-order valence-corrected chi connectivity index (χ4v) is 2.57. The van der Waals surface area contributed by atoms with E-state index in [9.17, 15) is 9.59 Å². The number of carbonyl (C=O) groups is 2. The Balaban J connectivity index is 1.92. The van der Waals surface area contributed by atoms with Crippen LogP contribution in [0.3, 0.4) is 0 Å². The van der Waals surface area contributed by atoms with Crippen LogP contribution in [0.15, 0.2) is 24.3 Å². The summed E-state index contributed by atoms with van der Waals surface area (Å²) in [7, 11) is 0. The second-order valence-electron chi connectivity index (χ2n) is 5.13. The number of amides is 1. The highest BCUT2D eigenvalue weighted by Crippen LogP contribution is 2.25. The predicted octanol–water partition coefficient (Wildman–Crippen LogP) is 2.43. The second-order valence-corrected chi connectivity index (χ2v) is 5.54. The molecule has 6 heteroatoms. The van der Waals surface area contributed by atoms with E-state index in [0.717, 1.165) is 0 Å². The van der Waals surface area contributed by atoms with Gasteiger partial charge in [0, 0.05) is 13.1 Å². The monoisotopic (exact) mass is 311 g/mol. The van der Waals surface area contributed by atoms with Gasteiger partial charge >= 0.3 is 5.97 Å². The van der Waals surface area contributed by atoms with Crippen molar-refractivity contribution in [1.82, 2.24) is 4.90 Å². The van der Waals surface area contributed by atoms with Crippen molar-refractivity contribution in [3.8, 4) is 5.75 Å². The average molecular weight is 312 g/mol. The molecule has 1 unspecified atom stereocenters. The standard InChI is InChI=1S/C15H18ClNO4/c1-10(21-13-5-3-2-4-12(13)16)14(18)17-8-6-11(7-9-17)15(19)20/h2-5,10-11H,6-9H2,1H3,(H,19,20). The summed E-state index contributed by atoms with van der Waals surface area (Å²) >= 11 is 6.00. The molecule has 1 amide bonds. The van der Waals surface area contributed by atoms with E-state index in [4.69, 9.17) is 21.4 Å². The minimum atomic E-state index is -0.789. The molecular formula is C15H18ClNO4. The van der Waals surface area contributed by atoms with Gasteiger partial charge in [-0.1, -0.05) is 23.7 Å². The minimum absolute atomic E-state index is 0.140. The number of carboxylic acids is 1. The van der Waals surface area contributed by atoms with Crippen LogP contribution in [0, 0.1) is 5.92 Å². The fraction of sp³-hybridized carbons (Fsp3) is 0.467. The minimum Gasteiger partial charge on any atom is -0.481 e. The highest BCUT2D eigenvalue weighted by atomic mass is 35.5. The quantitative estimate of drug-likeness (QED) is 0.927. The molecule has 21 heavy (non-hydrogen) atoms. The number of nitrogens with zero attached hydrogens (tertiary/aromatic N) is 1. The van der Waals surface area contributed by atoms with Gasteiger partial charge in [0.2, 0.25) is 0 Å². The van der Waals surface area contributed by atoms with Crippen LogP contribution in [0.25, 0.3) is 0 Å². The first-order valence-electron chi connectivity index (χ1n) is 6.92. The lowest BCUT2D eigenvalue weighted by atomic mass is 9.97. The summed E-state index contributed by atoms with van der Waals surface area (Å²) in [6.45, 7) is 2.58. The highest BCUT2D eigenvalue weighted by molar-refractivity contribution is 6.32. The molecule has 1 aromatic rings. The van der Waals surface area contributed by atoms with E-state index in [0.29, 0.717) is 36.7 Å². The molecule has 1 aromatic carbocycles. The van der Waals surface area contributed by atoms with Gasteiger partial charge in [-0.2, -0.15) is 0 Å². The van der Waals surface area contributed by atoms with Crippen molar-refractivity contribution in [3.63, 3.8) is 0 Å². The van der Waals surface area contributed by atoms with Crippen molar-refractivity contribution in [1.29, 1.82) is 0 Å². The van der Waals surface area contributed by atoms with Gasteiger partial charge in [-0.05, 0) is 31.9 Å². The van der Waals surface area contributed by atoms with Gasteiger partial charge in [0.25, 0.3) is 5.91 Å². The summed E-state index contributed by atoms with van der Waals surface area (Å²) in [5, 5.41) is 9.41. The lowest BCUT2D eigenvalue weighted by Crippen LogP contribution is -2.45. The number of carbonyl (C=O) groups excluding carboxylic acids is 1. The number of benzene rings is 1. The summed E-state index contributed by atoms with van der Waals surface area (Å²) < 4.78 is 5.59. The zero-order chi connectivity index (χ0) is 15.4. The summed E-state index contributed by atoms with van der Waals surface area (Å²) in [6, 6.07) is 6.99. The number of carboxylic acid groups (broad SMARTS) is 1. The van der Waals surface area contributed by atoms with Crippen molar-refractivity contribution in [2.45, 2.75) is 25.9 Å². The van der Waals surface area contributed by atoms with E-state index in [-0.39, 0.29) is 11.8 Å². The van der Waals surface area contributed by atoms with Crippen molar-refractivity contribution >= 4 is 23.5 Å². The first-order valence-corrected chi connectivity index (χ1v) is 7.29. The Kier molecular flexibility index (Phi) is 5.07. The van der Waals surface area contributed by atoms with Crippen LogP contribution in [-0.2, 0) is 9.59 Å². The molecule has 5 nitrogen and oxygen atoms in total. The van der Waals surface area contributed by atoms with Crippen LogP contribution >= 0.6 is 11.6 Å². The zero-order valence-corrected chi connectivity index (χ0v) is 12.5. The molecule has 0 bridgehead atoms. The van der Waals surface area contributed by atoms with Crippen molar-refractivity contribution < 1.29 is 19.4 Å². The Bertz CT molecular complexity index is 526. The third-order valence-corrected chi connectivity index (χ3v) is 3.96. The largest absolute Gasteiger partial charge is 0.481 e. The molecule has 114 valence electrons. The number of piperidine rings is 1. The molecule has 1 aliphatic heterocycles. The topological polar surface area (TPSA) is 66.8 Å². The molecule has 1 aliphatic rings. The van der Waals surface area contributed by atoms with Crippen LogP contribution in [0.1, 0.15) is 19.8 Å². The van der Waals surface area contributed by atoms with E-state index in [2.05, 4.69) is 0 Å². The maximum atomic E-state index is 12.3. The zero-order valence-electron chi connectivity index (χ0n) is 11.8. The highest BCUT2D eigenvalue weighted by Gasteiger charge is 2.29. The van der Waals surface area contributed by atoms with E-state index in [1.165, 1.54) is 0 Å². The molecule has 0 radical (unpaired) electrons. The molecule has 0 aromatic heterocycles. The van der Waals surface area contributed by atoms with Crippen molar-refractivity contribution in [2.24, 2.45) is 5.92 Å². The van der Waals surface area contributed by atoms with Crippen molar-refractivity contribution in [2.75, 3.05) is 13.1 Å². The smallest absolute Gasteiger partial charge is 0.306 e. The molecule has 1 fully saturated rings. The van der Waals surface area contributed by atoms with Crippen LogP contribution in [0.4, 0.5) is 0 Å². The second kappa shape index (κ2) is 6.80. The van der Waals surface area contributed by atoms with E-state index in [1.807, 2.05) is 0 Å². The summed E-state index contributed by atoms with van der Waals surface area (Å²) in [6.07, 6.45) is 0.325. The van der Waals surface area contributed by atoms with Crippen LogP contribution in [0.5, 0.6) is 5.75 Å². The average Bonchev–Trinajstić information content (AvgIpc) is 2.49. The number of para-hydroxylation sites is 1. The molecule has 1 atom stereocenters. The molecule has 0 spiro atoms. The van der Waals surface area contributed by atoms with Gasteiger partial charge in [-0.15, -0.1) is 0 Å². The number of aliphatic carboxylic acids is 1. The number of hydrogen-bond acceptors (Lipinski definition) is 3. The first-order chi connectivity index (χ1) is 9.99. The Morgan fingerprint density at radius 2 is 1.95 bits per heavy atom. The van der Waals surface area contributed by atoms with Crippen molar-refractivity contribution in [3.05, 3.63) is 29.3 Å². The summed E-state index contributed by atoms with van der Waals surface area (Å²) in [5.41, 5.74) is 0. The van der Waals surface area contributed by atoms with Gasteiger partial charge in [0.05, 0.1) is 10.9 Å². The third-order valence-electron chi connectivity index (χ3n) is 3.64. The van der Waals surface area contributed by atoms with Crippen LogP contribution in [0.2, 0.25) is 5.02 Å². The Morgan fingerprint density at radius 1 is 1.33 bits per heavy atom. The molecule has 2 rings (SSSR count). The van der Waals surface area contributed by atoms with E-state index < -0.39 is 12.1 Å². The molecule has 0 saturated carbocycles. The first kappa shape index (κ1) is 15.6. The van der Waals surface area contributed by atoms with Gasteiger partial charge in [-0.25, -0.2) is 0 Å². The maximum Gasteiger partial charge on any atom is 0.306 e. The number of hydrogen-bond donors (Lipinski definition) is 1. The van der Waals surface area contributed by atoms with Crippen LogP contribution in [-0.4, -0.2) is 41.1 Å². The number of likely N-dealkylation sites (tertiary alicyclic amines) is 1. The Hall–Kier alpha value is -1.75. The van der Waals surface area contributed by atoms with Gasteiger partial charge in [0.1, 0.15) is 5.75 Å². The normalized spacial score (nSPS) is 17.3. The molecule has 1 saturated heterocycles. The van der Waals surface area contributed by atoms with E-state index in [1.54, 1.807) is 36.1 Å². The lowest BCUT2D eigenvalue weighted by molar-refractivity contribution is -0.147. The SMILES string of the molecule is CC(Oc1ccccc1Cl)C(=O)N1CCC(C(=O)O)CC1. The van der Waals surface area contributed by atoms with Gasteiger partial charge in [0.15, 0.2) is 6.10 Å². The fourth-order valence-electron chi connectivity index (χ4n) is 2.39. The van der Waals surface area contributed by atoms with Gasteiger partial charge < -0.3 is 14.7 Å². The Labute approximate surface area is 128 Å². The maximum absolute atomic E-state index is 12.3. The van der Waals surface area contributed by atoms with E-state index >= 15 is 0 Å². The number of ether oxygens (including phenoxy) is 1.